The Balaban J connectivity index is 0.000000640. The summed E-state index contributed by atoms with van der Waals surface area (Å²) in [4.78, 5) is 1.13. The van der Waals surface area contributed by atoms with Crippen LogP contribution in [0.4, 0.5) is 0 Å². The Kier molecular flexibility index (Phi) is 4.23. The highest BCUT2D eigenvalue weighted by atomic mass is 35.5. The summed E-state index contributed by atoms with van der Waals surface area (Å²) in [5.41, 5.74) is 5.31. The van der Waals surface area contributed by atoms with Gasteiger partial charge in [-0.15, -0.1) is 23.7 Å². The summed E-state index contributed by atoms with van der Waals surface area (Å²) in [6.45, 7) is 0.595. The molecule has 0 bridgehead atoms. The summed E-state index contributed by atoms with van der Waals surface area (Å²) in [7, 11) is 0. The van der Waals surface area contributed by atoms with Gasteiger partial charge in [0, 0.05) is 16.8 Å². The predicted octanol–water partition coefficient (Wildman–Crippen LogP) is 2.28. The summed E-state index contributed by atoms with van der Waals surface area (Å²) in [6, 6.07) is 1.88. The molecule has 0 unspecified atom stereocenters. The highest BCUT2D eigenvalue weighted by Crippen LogP contribution is 2.17. The Bertz CT molecular complexity index is 175. The van der Waals surface area contributed by atoms with Crippen molar-refractivity contribution in [1.29, 1.82) is 0 Å². The highest BCUT2D eigenvalue weighted by molar-refractivity contribution is 7.10. The second kappa shape index (κ2) is 4.12. The molecule has 0 aliphatic heterocycles. The lowest BCUT2D eigenvalue weighted by molar-refractivity contribution is 1.11. The third-order valence-electron chi connectivity index (χ3n) is 0.823. The molecule has 0 aliphatic rings. The molecule has 52 valence electrons. The van der Waals surface area contributed by atoms with Crippen LogP contribution in [-0.4, -0.2) is 0 Å². The molecule has 0 amide bonds. The third kappa shape index (κ3) is 2.54. The van der Waals surface area contributed by atoms with E-state index in [0.29, 0.717) is 6.54 Å². The zero-order valence-corrected chi connectivity index (χ0v) is 7.02. The monoisotopic (exact) mass is 183 g/mol. The summed E-state index contributed by atoms with van der Waals surface area (Å²) >= 11 is 7.19. The SMILES string of the molecule is Cl.NCc1cc(Cl)cs1. The van der Waals surface area contributed by atoms with Crippen LogP contribution in [0.25, 0.3) is 0 Å². The minimum absolute atomic E-state index is 0. The Morgan fingerprint density at radius 1 is 1.67 bits per heavy atom. The van der Waals surface area contributed by atoms with Gasteiger partial charge in [-0.2, -0.15) is 0 Å². The summed E-state index contributed by atoms with van der Waals surface area (Å²) in [5.74, 6) is 0. The number of halogens is 2. The van der Waals surface area contributed by atoms with Gasteiger partial charge in [0.25, 0.3) is 0 Å². The van der Waals surface area contributed by atoms with Crippen LogP contribution in [0.2, 0.25) is 5.02 Å². The molecule has 1 nitrogen and oxygen atoms in total. The second-order valence-electron chi connectivity index (χ2n) is 1.44. The van der Waals surface area contributed by atoms with Crippen LogP contribution < -0.4 is 5.73 Å². The number of hydrogen-bond donors (Lipinski definition) is 1. The fraction of sp³-hybridized carbons (Fsp3) is 0.200. The van der Waals surface area contributed by atoms with E-state index in [1.54, 1.807) is 11.3 Å². The van der Waals surface area contributed by atoms with Crippen LogP contribution in [0.15, 0.2) is 11.4 Å². The number of rotatable bonds is 1. The zero-order chi connectivity index (χ0) is 5.98. The van der Waals surface area contributed by atoms with Crippen molar-refractivity contribution in [3.63, 3.8) is 0 Å². The predicted molar refractivity (Wildman–Crippen MR) is 44.5 cm³/mol. The van der Waals surface area contributed by atoms with E-state index in [-0.39, 0.29) is 12.4 Å². The number of hydrogen-bond acceptors (Lipinski definition) is 2. The van der Waals surface area contributed by atoms with Crippen molar-refractivity contribution in [1.82, 2.24) is 0 Å². The number of nitrogens with two attached hydrogens (primary N) is 1. The van der Waals surface area contributed by atoms with Crippen LogP contribution in [0.5, 0.6) is 0 Å². The standard InChI is InChI=1S/C5H6ClNS.ClH/c6-4-1-5(2-7)8-3-4;/h1,3H,2,7H2;1H. The lowest BCUT2D eigenvalue weighted by atomic mass is 10.5. The molecule has 0 spiro atoms. The van der Waals surface area contributed by atoms with Gasteiger partial charge in [0.2, 0.25) is 0 Å². The first-order valence-electron chi connectivity index (χ1n) is 2.26. The molecule has 2 N–H and O–H groups in total. The lowest BCUT2D eigenvalue weighted by Gasteiger charge is -1.80. The van der Waals surface area contributed by atoms with Gasteiger partial charge in [-0.05, 0) is 6.07 Å². The molecule has 0 fully saturated rings. The average molecular weight is 184 g/mol. The Morgan fingerprint density at radius 3 is 2.56 bits per heavy atom. The number of thiophene rings is 1. The van der Waals surface area contributed by atoms with Crippen LogP contribution in [0.1, 0.15) is 4.88 Å². The highest BCUT2D eigenvalue weighted by Gasteiger charge is 1.91. The van der Waals surface area contributed by atoms with E-state index >= 15 is 0 Å². The van der Waals surface area contributed by atoms with Crippen molar-refractivity contribution in [3.05, 3.63) is 21.3 Å². The molecular weight excluding hydrogens is 177 g/mol. The first-order chi connectivity index (χ1) is 3.83. The lowest BCUT2D eigenvalue weighted by Crippen LogP contribution is -1.90. The maximum Gasteiger partial charge on any atom is 0.0516 e. The van der Waals surface area contributed by atoms with Crippen molar-refractivity contribution < 1.29 is 0 Å². The molecule has 1 aromatic rings. The first-order valence-corrected chi connectivity index (χ1v) is 3.51. The van der Waals surface area contributed by atoms with Crippen LogP contribution in [0, 0.1) is 0 Å². The largest absolute Gasteiger partial charge is 0.326 e. The molecule has 0 aliphatic carbocycles. The third-order valence-corrected chi connectivity index (χ3v) is 2.13. The fourth-order valence-electron chi connectivity index (χ4n) is 0.461. The van der Waals surface area contributed by atoms with Crippen LogP contribution >= 0.6 is 35.3 Å². The molecule has 4 heteroatoms. The molecule has 1 heterocycles. The van der Waals surface area contributed by atoms with Crippen molar-refractivity contribution in [3.8, 4) is 0 Å². The van der Waals surface area contributed by atoms with E-state index in [1.807, 2.05) is 11.4 Å². The molecule has 1 rings (SSSR count). The van der Waals surface area contributed by atoms with Crippen LogP contribution in [0.3, 0.4) is 0 Å². The average Bonchev–Trinajstić information content (AvgIpc) is 2.14. The van der Waals surface area contributed by atoms with Gasteiger partial charge in [-0.25, -0.2) is 0 Å². The minimum atomic E-state index is 0. The van der Waals surface area contributed by atoms with Crippen molar-refractivity contribution in [2.45, 2.75) is 6.54 Å². The fourth-order valence-corrected chi connectivity index (χ4v) is 1.41. The summed E-state index contributed by atoms with van der Waals surface area (Å²) in [5, 5.41) is 2.67. The van der Waals surface area contributed by atoms with Crippen molar-refractivity contribution in [2.75, 3.05) is 0 Å². The minimum Gasteiger partial charge on any atom is -0.326 e. The maximum atomic E-state index is 5.59. The Morgan fingerprint density at radius 2 is 2.33 bits per heavy atom. The molecule has 0 saturated carbocycles. The van der Waals surface area contributed by atoms with Crippen molar-refractivity contribution in [2.24, 2.45) is 5.73 Å². The van der Waals surface area contributed by atoms with Gasteiger partial charge in [0.1, 0.15) is 0 Å². The summed E-state index contributed by atoms with van der Waals surface area (Å²) in [6.07, 6.45) is 0. The summed E-state index contributed by atoms with van der Waals surface area (Å²) < 4.78 is 0. The smallest absolute Gasteiger partial charge is 0.0516 e. The Hall–Kier alpha value is 0.240. The van der Waals surface area contributed by atoms with Gasteiger partial charge in [0.15, 0.2) is 0 Å². The van der Waals surface area contributed by atoms with Gasteiger partial charge < -0.3 is 5.73 Å². The van der Waals surface area contributed by atoms with E-state index in [0.717, 1.165) is 9.90 Å². The first kappa shape index (κ1) is 9.24. The van der Waals surface area contributed by atoms with E-state index in [2.05, 4.69) is 0 Å². The van der Waals surface area contributed by atoms with E-state index in [9.17, 15) is 0 Å². The zero-order valence-electron chi connectivity index (χ0n) is 4.63. The van der Waals surface area contributed by atoms with Gasteiger partial charge in [-0.3, -0.25) is 0 Å². The van der Waals surface area contributed by atoms with Gasteiger partial charge in [0.05, 0.1) is 5.02 Å². The quantitative estimate of drug-likeness (QED) is 0.711. The maximum absolute atomic E-state index is 5.59. The van der Waals surface area contributed by atoms with Gasteiger partial charge >= 0.3 is 0 Å². The molecule has 0 aromatic carbocycles. The van der Waals surface area contributed by atoms with E-state index < -0.39 is 0 Å². The topological polar surface area (TPSA) is 26.0 Å². The van der Waals surface area contributed by atoms with Gasteiger partial charge in [-0.1, -0.05) is 11.6 Å². The molecule has 0 atom stereocenters. The van der Waals surface area contributed by atoms with E-state index in [4.69, 9.17) is 17.3 Å². The Labute approximate surface area is 69.2 Å². The van der Waals surface area contributed by atoms with E-state index in [1.165, 1.54) is 0 Å². The molecule has 0 radical (unpaired) electrons. The normalized spacial score (nSPS) is 8.67. The molecule has 0 saturated heterocycles. The van der Waals surface area contributed by atoms with Crippen molar-refractivity contribution >= 4 is 35.3 Å². The molecule has 1 aromatic heterocycles. The molecule has 9 heavy (non-hydrogen) atoms. The van der Waals surface area contributed by atoms with Crippen LogP contribution in [-0.2, 0) is 6.54 Å². The molecular formula is C5H7Cl2NS. The second-order valence-corrected chi connectivity index (χ2v) is 2.87.